The Morgan fingerprint density at radius 1 is 1.20 bits per heavy atom. The topological polar surface area (TPSA) is 118 Å². The van der Waals surface area contributed by atoms with Gasteiger partial charge in [0, 0.05) is 24.4 Å². The standard InChI is InChI=1S/C24H23ClF2N4O4/c25-16-6-3-4-14(21(16)26)8-9-20(33)19-10-24(27,13-32)12-31(19)23(35)29-17-11-30(22(28)34)18-7-2-1-5-15(17)18/h1-7,11,19,32H,8-10,12-13H2,(H2,28,34)(H,29,35)/t19-,24-/m0/s1. The van der Waals surface area contributed by atoms with Crippen molar-refractivity contribution in [3.8, 4) is 0 Å². The van der Waals surface area contributed by atoms with Gasteiger partial charge in [-0.05, 0) is 24.1 Å². The van der Waals surface area contributed by atoms with E-state index in [1.54, 1.807) is 30.3 Å². The highest BCUT2D eigenvalue weighted by Crippen LogP contribution is 2.33. The van der Waals surface area contributed by atoms with Crippen molar-refractivity contribution in [1.29, 1.82) is 0 Å². The lowest BCUT2D eigenvalue weighted by Gasteiger charge is -2.24. The number of Topliss-reactive ketones (excluding diaryl/α,β-unsaturated/α-hetero) is 1. The number of primary amides is 1. The molecule has 1 aliphatic heterocycles. The fourth-order valence-corrected chi connectivity index (χ4v) is 4.56. The summed E-state index contributed by atoms with van der Waals surface area (Å²) in [7, 11) is 0. The summed E-state index contributed by atoms with van der Waals surface area (Å²) >= 11 is 5.79. The van der Waals surface area contributed by atoms with Gasteiger partial charge in [-0.15, -0.1) is 0 Å². The van der Waals surface area contributed by atoms with Gasteiger partial charge < -0.3 is 21.1 Å². The number of hydrogen-bond acceptors (Lipinski definition) is 4. The van der Waals surface area contributed by atoms with E-state index in [0.29, 0.717) is 10.9 Å². The molecule has 0 saturated carbocycles. The molecule has 3 aromatic rings. The minimum atomic E-state index is -2.17. The van der Waals surface area contributed by atoms with Crippen LogP contribution in [0.3, 0.4) is 0 Å². The third-order valence-corrected chi connectivity index (χ3v) is 6.46. The molecule has 0 radical (unpaired) electrons. The van der Waals surface area contributed by atoms with Crippen molar-refractivity contribution >= 4 is 46.0 Å². The highest BCUT2D eigenvalue weighted by atomic mass is 35.5. The first-order valence-electron chi connectivity index (χ1n) is 10.9. The normalized spacial score (nSPS) is 19.8. The number of aliphatic hydroxyl groups excluding tert-OH is 1. The fourth-order valence-electron chi connectivity index (χ4n) is 4.37. The van der Waals surface area contributed by atoms with Crippen molar-refractivity contribution in [2.75, 3.05) is 18.5 Å². The number of hydrogen-bond donors (Lipinski definition) is 3. The van der Waals surface area contributed by atoms with Crippen molar-refractivity contribution in [2.45, 2.75) is 31.0 Å². The Hall–Kier alpha value is -3.50. The van der Waals surface area contributed by atoms with Crippen LogP contribution >= 0.6 is 11.6 Å². The summed E-state index contributed by atoms with van der Waals surface area (Å²) in [6, 6.07) is 8.46. The number of aliphatic hydroxyl groups is 1. The maximum atomic E-state index is 15.1. The summed E-state index contributed by atoms with van der Waals surface area (Å²) in [5.41, 5.74) is 4.18. The van der Waals surface area contributed by atoms with E-state index in [-0.39, 0.29) is 29.1 Å². The Kier molecular flexibility index (Phi) is 6.77. The molecule has 1 saturated heterocycles. The zero-order valence-corrected chi connectivity index (χ0v) is 19.3. The molecular weight excluding hydrogens is 482 g/mol. The quantitative estimate of drug-likeness (QED) is 0.472. The summed E-state index contributed by atoms with van der Waals surface area (Å²) in [6.07, 6.45) is 0.807. The highest BCUT2D eigenvalue weighted by molar-refractivity contribution is 6.30. The third kappa shape index (κ3) is 4.85. The molecule has 0 aliphatic carbocycles. The Morgan fingerprint density at radius 2 is 1.94 bits per heavy atom. The number of urea groups is 1. The molecule has 4 N–H and O–H groups in total. The maximum Gasteiger partial charge on any atom is 0.323 e. The molecular formula is C24H23ClF2N4O4. The summed E-state index contributed by atoms with van der Waals surface area (Å²) < 4.78 is 30.4. The van der Waals surface area contributed by atoms with Crippen LogP contribution < -0.4 is 11.1 Å². The maximum absolute atomic E-state index is 15.1. The lowest BCUT2D eigenvalue weighted by molar-refractivity contribution is -0.122. The number of nitrogens with zero attached hydrogens (tertiary/aromatic N) is 2. The Morgan fingerprint density at radius 3 is 2.66 bits per heavy atom. The first-order chi connectivity index (χ1) is 16.6. The number of ketones is 1. The summed E-state index contributed by atoms with van der Waals surface area (Å²) in [6.45, 7) is -1.38. The number of aryl methyl sites for hydroxylation is 1. The van der Waals surface area contributed by atoms with E-state index in [9.17, 15) is 23.9 Å². The minimum absolute atomic E-state index is 0.0156. The molecule has 35 heavy (non-hydrogen) atoms. The molecule has 0 unspecified atom stereocenters. The SMILES string of the molecule is NC(=O)n1cc(NC(=O)N2C[C@](F)(CO)C[C@H]2C(=O)CCc2cccc(Cl)c2F)c2ccccc21. The summed E-state index contributed by atoms with van der Waals surface area (Å²) in [5.74, 6) is -1.11. The van der Waals surface area contributed by atoms with Crippen LogP contribution in [0, 0.1) is 5.82 Å². The lowest BCUT2D eigenvalue weighted by Crippen LogP contribution is -2.43. The highest BCUT2D eigenvalue weighted by Gasteiger charge is 2.49. The number of carbonyl (C=O) groups is 3. The van der Waals surface area contributed by atoms with E-state index >= 15 is 4.39 Å². The number of alkyl halides is 1. The zero-order chi connectivity index (χ0) is 25.3. The van der Waals surface area contributed by atoms with E-state index in [0.717, 1.165) is 9.47 Å². The third-order valence-electron chi connectivity index (χ3n) is 6.17. The summed E-state index contributed by atoms with van der Waals surface area (Å²) in [5, 5.41) is 12.6. The molecule has 184 valence electrons. The Labute approximate surface area is 204 Å². The number of amides is 3. The number of rotatable bonds is 6. The number of halogens is 3. The van der Waals surface area contributed by atoms with Gasteiger partial charge in [0.1, 0.15) is 5.82 Å². The van der Waals surface area contributed by atoms with Crippen LogP contribution in [-0.4, -0.2) is 57.3 Å². The minimum Gasteiger partial charge on any atom is -0.393 e. The number of para-hydroxylation sites is 1. The van der Waals surface area contributed by atoms with Crippen molar-refractivity contribution in [1.82, 2.24) is 9.47 Å². The number of benzene rings is 2. The van der Waals surface area contributed by atoms with Gasteiger partial charge in [-0.1, -0.05) is 41.9 Å². The van der Waals surface area contributed by atoms with Gasteiger partial charge in [0.05, 0.1) is 35.4 Å². The molecule has 1 aromatic heterocycles. The van der Waals surface area contributed by atoms with Crippen molar-refractivity contribution < 1.29 is 28.3 Å². The van der Waals surface area contributed by atoms with E-state index in [2.05, 4.69) is 5.32 Å². The van der Waals surface area contributed by atoms with Crippen LogP contribution in [0.2, 0.25) is 5.02 Å². The average molecular weight is 505 g/mol. The predicted molar refractivity (Wildman–Crippen MR) is 127 cm³/mol. The van der Waals surface area contributed by atoms with Crippen LogP contribution in [0.25, 0.3) is 10.9 Å². The number of aromatic nitrogens is 1. The second-order valence-corrected chi connectivity index (χ2v) is 8.94. The van der Waals surface area contributed by atoms with Gasteiger partial charge >= 0.3 is 12.1 Å². The number of nitrogens with one attached hydrogen (secondary N) is 1. The molecule has 1 fully saturated rings. The molecule has 2 heterocycles. The first-order valence-corrected chi connectivity index (χ1v) is 11.2. The molecule has 0 spiro atoms. The van der Waals surface area contributed by atoms with E-state index < -0.39 is 54.9 Å². The van der Waals surface area contributed by atoms with Gasteiger partial charge in [0.2, 0.25) is 0 Å². The largest absolute Gasteiger partial charge is 0.393 e. The number of fused-ring (bicyclic) bond motifs is 1. The first kappa shape index (κ1) is 24.6. The molecule has 1 aliphatic rings. The van der Waals surface area contributed by atoms with E-state index in [1.165, 1.54) is 18.3 Å². The van der Waals surface area contributed by atoms with Crippen LogP contribution in [0.4, 0.5) is 24.1 Å². The van der Waals surface area contributed by atoms with Crippen molar-refractivity contribution in [3.05, 3.63) is 65.1 Å². The zero-order valence-electron chi connectivity index (χ0n) is 18.5. The fraction of sp³-hybridized carbons (Fsp3) is 0.292. The summed E-state index contributed by atoms with van der Waals surface area (Å²) in [4.78, 5) is 38.9. The molecule has 3 amide bonds. The van der Waals surface area contributed by atoms with Crippen LogP contribution in [0.5, 0.6) is 0 Å². The predicted octanol–water partition coefficient (Wildman–Crippen LogP) is 3.87. The van der Waals surface area contributed by atoms with Crippen molar-refractivity contribution in [3.63, 3.8) is 0 Å². The van der Waals surface area contributed by atoms with E-state index in [4.69, 9.17) is 17.3 Å². The number of anilines is 1. The van der Waals surface area contributed by atoms with Gasteiger partial charge in [-0.2, -0.15) is 0 Å². The molecule has 2 aromatic carbocycles. The van der Waals surface area contributed by atoms with Crippen LogP contribution in [0.15, 0.2) is 48.7 Å². The number of carbonyl (C=O) groups excluding carboxylic acids is 3. The molecule has 0 bridgehead atoms. The molecule has 2 atom stereocenters. The Bertz CT molecular complexity index is 1310. The average Bonchev–Trinajstić information content (AvgIpc) is 3.39. The molecule has 4 rings (SSSR count). The number of nitrogens with two attached hydrogens (primary N) is 1. The second-order valence-electron chi connectivity index (χ2n) is 8.53. The lowest BCUT2D eigenvalue weighted by atomic mass is 9.97. The van der Waals surface area contributed by atoms with Gasteiger partial charge in [0.25, 0.3) is 0 Å². The second kappa shape index (κ2) is 9.63. The molecule has 8 nitrogen and oxygen atoms in total. The van der Waals surface area contributed by atoms with E-state index in [1.807, 2.05) is 0 Å². The number of likely N-dealkylation sites (tertiary alicyclic amines) is 1. The monoisotopic (exact) mass is 504 g/mol. The molecule has 11 heteroatoms. The Balaban J connectivity index is 1.55. The van der Waals surface area contributed by atoms with Gasteiger partial charge in [-0.3, -0.25) is 9.36 Å². The van der Waals surface area contributed by atoms with Crippen molar-refractivity contribution in [2.24, 2.45) is 5.73 Å². The van der Waals surface area contributed by atoms with Gasteiger partial charge in [0.15, 0.2) is 11.5 Å². The van der Waals surface area contributed by atoms with Crippen LogP contribution in [0.1, 0.15) is 18.4 Å². The van der Waals surface area contributed by atoms with Crippen LogP contribution in [-0.2, 0) is 11.2 Å². The van der Waals surface area contributed by atoms with Gasteiger partial charge in [-0.25, -0.2) is 18.4 Å². The smallest absolute Gasteiger partial charge is 0.323 e.